The first kappa shape index (κ1) is 15.6. The molecule has 0 radical (unpaired) electrons. The minimum atomic E-state index is -4.14. The van der Waals surface area contributed by atoms with E-state index >= 15 is 0 Å². The van der Waals surface area contributed by atoms with Gasteiger partial charge in [-0.3, -0.25) is 4.79 Å². The molecule has 0 aromatic rings. The molecular formula is C11H17F3N4O. The lowest BCUT2D eigenvalue weighted by Gasteiger charge is -2.29. The van der Waals surface area contributed by atoms with Gasteiger partial charge in [0.25, 0.3) is 0 Å². The van der Waals surface area contributed by atoms with Gasteiger partial charge in [-0.25, -0.2) is 0 Å². The number of carbonyl (C=O) groups is 1. The fourth-order valence-electron chi connectivity index (χ4n) is 2.23. The normalized spacial score (nSPS) is 23.5. The van der Waals surface area contributed by atoms with E-state index < -0.39 is 12.1 Å². The van der Waals surface area contributed by atoms with Gasteiger partial charge in [-0.1, -0.05) is 5.11 Å². The van der Waals surface area contributed by atoms with Crippen molar-refractivity contribution in [2.75, 3.05) is 13.1 Å². The van der Waals surface area contributed by atoms with E-state index in [4.69, 9.17) is 5.53 Å². The Morgan fingerprint density at radius 3 is 2.47 bits per heavy atom. The summed E-state index contributed by atoms with van der Waals surface area (Å²) in [6.07, 6.45) is -2.98. The number of azide groups is 1. The quantitative estimate of drug-likeness (QED) is 0.356. The van der Waals surface area contributed by atoms with E-state index in [0.29, 0.717) is 19.5 Å². The van der Waals surface area contributed by atoms with Crippen LogP contribution in [0.15, 0.2) is 5.11 Å². The second-order valence-electron chi connectivity index (χ2n) is 4.69. The van der Waals surface area contributed by atoms with Gasteiger partial charge >= 0.3 is 6.18 Å². The lowest BCUT2D eigenvalue weighted by atomic mass is 9.81. The number of hydrogen-bond acceptors (Lipinski definition) is 2. The van der Waals surface area contributed by atoms with E-state index in [0.717, 1.165) is 0 Å². The highest BCUT2D eigenvalue weighted by atomic mass is 19.4. The molecule has 1 N–H and O–H groups in total. The average molecular weight is 278 g/mol. The number of rotatable bonds is 5. The van der Waals surface area contributed by atoms with E-state index in [1.165, 1.54) is 0 Å². The summed E-state index contributed by atoms with van der Waals surface area (Å²) in [7, 11) is 0. The topological polar surface area (TPSA) is 77.9 Å². The number of hydrogen-bond donors (Lipinski definition) is 1. The van der Waals surface area contributed by atoms with Gasteiger partial charge in [-0.05, 0) is 37.6 Å². The molecular weight excluding hydrogens is 261 g/mol. The summed E-state index contributed by atoms with van der Waals surface area (Å²) in [5.74, 6) is -1.78. The van der Waals surface area contributed by atoms with Crippen LogP contribution in [0.5, 0.6) is 0 Å². The Labute approximate surface area is 109 Å². The molecule has 1 aliphatic carbocycles. The van der Waals surface area contributed by atoms with Gasteiger partial charge in [-0.15, -0.1) is 0 Å². The Morgan fingerprint density at radius 1 is 1.32 bits per heavy atom. The number of amides is 1. The molecule has 0 heterocycles. The monoisotopic (exact) mass is 278 g/mol. The van der Waals surface area contributed by atoms with Crippen molar-refractivity contribution >= 4 is 5.91 Å². The van der Waals surface area contributed by atoms with Crippen LogP contribution in [0.2, 0.25) is 0 Å². The van der Waals surface area contributed by atoms with E-state index in [1.807, 2.05) is 0 Å². The van der Waals surface area contributed by atoms with Crippen LogP contribution < -0.4 is 5.32 Å². The maximum atomic E-state index is 12.5. The third-order valence-corrected chi connectivity index (χ3v) is 3.36. The molecule has 1 aliphatic rings. The Hall–Kier alpha value is -1.43. The molecule has 8 heteroatoms. The van der Waals surface area contributed by atoms with Crippen molar-refractivity contribution in [3.05, 3.63) is 10.4 Å². The molecule has 0 spiro atoms. The zero-order valence-electron chi connectivity index (χ0n) is 10.5. The smallest absolute Gasteiger partial charge is 0.356 e. The zero-order valence-corrected chi connectivity index (χ0v) is 10.5. The molecule has 5 nitrogen and oxygen atoms in total. The molecule has 0 bridgehead atoms. The summed E-state index contributed by atoms with van der Waals surface area (Å²) in [5.41, 5.74) is 8.05. The molecule has 1 rings (SSSR count). The van der Waals surface area contributed by atoms with Crippen LogP contribution in [0.25, 0.3) is 10.4 Å². The molecule has 1 fully saturated rings. The van der Waals surface area contributed by atoms with Crippen molar-refractivity contribution < 1.29 is 18.0 Å². The zero-order chi connectivity index (χ0) is 14.3. The maximum absolute atomic E-state index is 12.5. The second-order valence-corrected chi connectivity index (χ2v) is 4.69. The third kappa shape index (κ3) is 5.38. The van der Waals surface area contributed by atoms with E-state index in [9.17, 15) is 18.0 Å². The summed E-state index contributed by atoms with van der Waals surface area (Å²) in [6.45, 7) is 0.689. The van der Waals surface area contributed by atoms with Gasteiger partial charge in [-0.2, -0.15) is 13.2 Å². The average Bonchev–Trinajstić information content (AvgIpc) is 2.37. The molecule has 0 saturated heterocycles. The first-order valence-corrected chi connectivity index (χ1v) is 6.30. The first-order chi connectivity index (χ1) is 8.95. The van der Waals surface area contributed by atoms with Crippen LogP contribution >= 0.6 is 0 Å². The summed E-state index contributed by atoms with van der Waals surface area (Å²) >= 11 is 0. The van der Waals surface area contributed by atoms with E-state index in [1.54, 1.807) is 0 Å². The number of nitrogens with zero attached hydrogens (tertiary/aromatic N) is 3. The van der Waals surface area contributed by atoms with Crippen LogP contribution in [-0.4, -0.2) is 25.2 Å². The van der Waals surface area contributed by atoms with Gasteiger partial charge < -0.3 is 5.32 Å². The number of alkyl halides is 3. The first-order valence-electron chi connectivity index (χ1n) is 6.30. The van der Waals surface area contributed by atoms with Crippen molar-refractivity contribution in [2.24, 2.45) is 17.0 Å². The summed E-state index contributed by atoms with van der Waals surface area (Å²) in [4.78, 5) is 14.3. The fourth-order valence-corrected chi connectivity index (χ4v) is 2.23. The minimum absolute atomic E-state index is 0.0281. The molecule has 19 heavy (non-hydrogen) atoms. The van der Waals surface area contributed by atoms with E-state index in [2.05, 4.69) is 15.3 Å². The van der Waals surface area contributed by atoms with Gasteiger partial charge in [0, 0.05) is 23.9 Å². The predicted molar refractivity (Wildman–Crippen MR) is 63.1 cm³/mol. The molecule has 0 aromatic carbocycles. The van der Waals surface area contributed by atoms with Crippen molar-refractivity contribution in [1.29, 1.82) is 0 Å². The molecule has 1 amide bonds. The third-order valence-electron chi connectivity index (χ3n) is 3.36. The van der Waals surface area contributed by atoms with Crippen LogP contribution in [-0.2, 0) is 4.79 Å². The molecule has 0 aromatic heterocycles. The van der Waals surface area contributed by atoms with Crippen molar-refractivity contribution in [3.63, 3.8) is 0 Å². The second kappa shape index (κ2) is 7.23. The fraction of sp³-hybridized carbons (Fsp3) is 0.909. The SMILES string of the molecule is [N-]=[N+]=NCCCNC(=O)C1CCC(C(F)(F)F)CC1. The molecule has 0 atom stereocenters. The van der Waals surface area contributed by atoms with Crippen LogP contribution in [0.3, 0.4) is 0 Å². The van der Waals surface area contributed by atoms with Gasteiger partial charge in [0.2, 0.25) is 5.91 Å². The molecule has 0 aliphatic heterocycles. The van der Waals surface area contributed by atoms with Crippen LogP contribution in [0, 0.1) is 11.8 Å². The number of halogens is 3. The highest BCUT2D eigenvalue weighted by molar-refractivity contribution is 5.78. The van der Waals surface area contributed by atoms with Crippen molar-refractivity contribution in [1.82, 2.24) is 5.32 Å². The molecule has 108 valence electrons. The highest BCUT2D eigenvalue weighted by Crippen LogP contribution is 2.39. The highest BCUT2D eigenvalue weighted by Gasteiger charge is 2.42. The standard InChI is InChI=1S/C11H17F3N4O/c12-11(13,14)9-4-2-8(3-5-9)10(19)16-6-1-7-17-18-15/h8-9H,1-7H2,(H,16,19). The van der Waals surface area contributed by atoms with Gasteiger partial charge in [0.05, 0.1) is 5.92 Å². The molecule has 1 saturated carbocycles. The maximum Gasteiger partial charge on any atom is 0.391 e. The number of carbonyl (C=O) groups excluding carboxylic acids is 1. The lowest BCUT2D eigenvalue weighted by Crippen LogP contribution is -2.36. The predicted octanol–water partition coefficient (Wildman–Crippen LogP) is 3.17. The van der Waals surface area contributed by atoms with Crippen LogP contribution in [0.1, 0.15) is 32.1 Å². The van der Waals surface area contributed by atoms with Gasteiger partial charge in [0.1, 0.15) is 0 Å². The largest absolute Gasteiger partial charge is 0.391 e. The summed E-state index contributed by atoms with van der Waals surface area (Å²) < 4.78 is 37.4. The Kier molecular flexibility index (Phi) is 5.95. The Balaban J connectivity index is 2.23. The lowest BCUT2D eigenvalue weighted by molar-refractivity contribution is -0.184. The van der Waals surface area contributed by atoms with Crippen molar-refractivity contribution in [3.8, 4) is 0 Å². The summed E-state index contributed by atoms with van der Waals surface area (Å²) in [5, 5.41) is 5.98. The summed E-state index contributed by atoms with van der Waals surface area (Å²) in [6, 6.07) is 0. The Morgan fingerprint density at radius 2 is 1.95 bits per heavy atom. The number of nitrogens with one attached hydrogen (secondary N) is 1. The Bertz CT molecular complexity index is 344. The molecule has 0 unspecified atom stereocenters. The van der Waals surface area contributed by atoms with Gasteiger partial charge in [0.15, 0.2) is 0 Å². The van der Waals surface area contributed by atoms with E-state index in [-0.39, 0.29) is 37.5 Å². The van der Waals surface area contributed by atoms with Crippen LogP contribution in [0.4, 0.5) is 13.2 Å². The van der Waals surface area contributed by atoms with Crippen molar-refractivity contribution in [2.45, 2.75) is 38.3 Å². The minimum Gasteiger partial charge on any atom is -0.356 e.